The van der Waals surface area contributed by atoms with Crippen LogP contribution in [0, 0.1) is 0 Å². The van der Waals surface area contributed by atoms with Crippen LogP contribution in [0.15, 0.2) is 66.7 Å². The van der Waals surface area contributed by atoms with Gasteiger partial charge in [-0.05, 0) is 29.7 Å². The average Bonchev–Trinajstić information content (AvgIpc) is 2.91. The number of carbonyl (C=O) groups is 1. The smallest absolute Gasteiger partial charge is 0.249 e. The van der Waals surface area contributed by atoms with Crippen molar-refractivity contribution < 1.29 is 14.3 Å². The van der Waals surface area contributed by atoms with Crippen LogP contribution in [0.25, 0.3) is 0 Å². The standard InChI is InChI=1S/C21H23NO3/c1-16-12-19(15-25-14-18-8-10-20(24-2)11-9-18)22(21(16)23)13-17-6-4-3-5-7-17/h3-11,19H,1,12-15H2,2H3. The number of hydrogen-bond donors (Lipinski definition) is 0. The second-order valence-electron chi connectivity index (χ2n) is 6.24. The minimum atomic E-state index is 0.0295. The molecule has 1 atom stereocenters. The summed E-state index contributed by atoms with van der Waals surface area (Å²) in [6.07, 6.45) is 0.661. The molecule has 3 rings (SSSR count). The summed E-state index contributed by atoms with van der Waals surface area (Å²) in [5.74, 6) is 0.859. The number of rotatable bonds is 7. The molecular formula is C21H23NO3. The molecular weight excluding hydrogens is 314 g/mol. The van der Waals surface area contributed by atoms with Crippen LogP contribution in [0.5, 0.6) is 5.75 Å². The highest BCUT2D eigenvalue weighted by atomic mass is 16.5. The molecule has 0 spiro atoms. The van der Waals surface area contributed by atoms with E-state index in [0.717, 1.165) is 16.9 Å². The van der Waals surface area contributed by atoms with Crippen LogP contribution in [0.4, 0.5) is 0 Å². The van der Waals surface area contributed by atoms with Crippen LogP contribution in [0.1, 0.15) is 17.5 Å². The van der Waals surface area contributed by atoms with Crippen molar-refractivity contribution in [3.63, 3.8) is 0 Å². The van der Waals surface area contributed by atoms with E-state index in [-0.39, 0.29) is 11.9 Å². The van der Waals surface area contributed by atoms with Crippen molar-refractivity contribution >= 4 is 5.91 Å². The summed E-state index contributed by atoms with van der Waals surface area (Å²) in [5, 5.41) is 0. The van der Waals surface area contributed by atoms with Crippen molar-refractivity contribution in [1.29, 1.82) is 0 Å². The zero-order valence-corrected chi connectivity index (χ0v) is 14.5. The van der Waals surface area contributed by atoms with Crippen LogP contribution in [0.2, 0.25) is 0 Å². The normalized spacial score (nSPS) is 17.2. The molecule has 130 valence electrons. The third-order valence-corrected chi connectivity index (χ3v) is 4.42. The molecule has 2 aromatic carbocycles. The van der Waals surface area contributed by atoms with Gasteiger partial charge in [0.15, 0.2) is 0 Å². The van der Waals surface area contributed by atoms with Crippen molar-refractivity contribution in [3.8, 4) is 5.75 Å². The highest BCUT2D eigenvalue weighted by molar-refractivity contribution is 5.95. The minimum Gasteiger partial charge on any atom is -0.497 e. The lowest BCUT2D eigenvalue weighted by molar-refractivity contribution is -0.127. The first-order valence-corrected chi connectivity index (χ1v) is 8.40. The summed E-state index contributed by atoms with van der Waals surface area (Å²) in [4.78, 5) is 14.2. The van der Waals surface area contributed by atoms with Crippen LogP contribution in [0.3, 0.4) is 0 Å². The van der Waals surface area contributed by atoms with E-state index in [9.17, 15) is 4.79 Å². The van der Waals surface area contributed by atoms with Crippen molar-refractivity contribution in [3.05, 3.63) is 77.9 Å². The Morgan fingerprint density at radius 3 is 2.48 bits per heavy atom. The Hall–Kier alpha value is -2.59. The lowest BCUT2D eigenvalue weighted by atomic mass is 10.1. The Bertz CT molecular complexity index is 725. The third kappa shape index (κ3) is 4.28. The molecule has 1 unspecified atom stereocenters. The zero-order valence-electron chi connectivity index (χ0n) is 14.5. The number of methoxy groups -OCH3 is 1. The second-order valence-corrected chi connectivity index (χ2v) is 6.24. The average molecular weight is 337 g/mol. The molecule has 2 aromatic rings. The summed E-state index contributed by atoms with van der Waals surface area (Å²) in [6.45, 7) is 5.51. The van der Waals surface area contributed by atoms with E-state index in [4.69, 9.17) is 9.47 Å². The molecule has 0 N–H and O–H groups in total. The third-order valence-electron chi connectivity index (χ3n) is 4.42. The maximum Gasteiger partial charge on any atom is 0.249 e. The van der Waals surface area contributed by atoms with Gasteiger partial charge in [0.1, 0.15) is 5.75 Å². The Balaban J connectivity index is 1.57. The number of nitrogens with zero attached hydrogens (tertiary/aromatic N) is 1. The Kier molecular flexibility index (Phi) is 5.51. The molecule has 1 heterocycles. The van der Waals surface area contributed by atoms with Gasteiger partial charge in [0.2, 0.25) is 5.91 Å². The second kappa shape index (κ2) is 7.99. The molecule has 0 radical (unpaired) electrons. The first-order valence-electron chi connectivity index (χ1n) is 8.40. The Morgan fingerprint density at radius 2 is 1.80 bits per heavy atom. The van der Waals surface area contributed by atoms with Gasteiger partial charge in [0, 0.05) is 12.1 Å². The molecule has 1 saturated heterocycles. The molecule has 0 bridgehead atoms. The van der Waals surface area contributed by atoms with Crippen molar-refractivity contribution in [2.75, 3.05) is 13.7 Å². The Morgan fingerprint density at radius 1 is 1.08 bits per heavy atom. The minimum absolute atomic E-state index is 0.0295. The number of hydrogen-bond acceptors (Lipinski definition) is 3. The van der Waals surface area contributed by atoms with E-state index in [2.05, 4.69) is 6.58 Å². The number of carbonyl (C=O) groups excluding carboxylic acids is 1. The first-order chi connectivity index (χ1) is 12.2. The van der Waals surface area contributed by atoms with Gasteiger partial charge in [0.25, 0.3) is 0 Å². The molecule has 0 aromatic heterocycles. The van der Waals surface area contributed by atoms with Gasteiger partial charge < -0.3 is 14.4 Å². The molecule has 1 amide bonds. The van der Waals surface area contributed by atoms with Crippen LogP contribution in [-0.4, -0.2) is 30.6 Å². The Labute approximate surface area is 148 Å². The van der Waals surface area contributed by atoms with Crippen LogP contribution < -0.4 is 4.74 Å². The molecule has 1 aliphatic rings. The van der Waals surface area contributed by atoms with Gasteiger partial charge in [-0.3, -0.25) is 4.79 Å². The summed E-state index contributed by atoms with van der Waals surface area (Å²) in [6, 6.07) is 17.9. The molecule has 1 fully saturated rings. The largest absolute Gasteiger partial charge is 0.497 e. The molecule has 4 nitrogen and oxygen atoms in total. The van der Waals surface area contributed by atoms with Gasteiger partial charge in [-0.15, -0.1) is 0 Å². The summed E-state index contributed by atoms with van der Waals surface area (Å²) in [5.41, 5.74) is 2.86. The fraction of sp³-hybridized carbons (Fsp3) is 0.286. The van der Waals surface area contributed by atoms with Crippen molar-refractivity contribution in [1.82, 2.24) is 4.90 Å². The predicted octanol–water partition coefficient (Wildman–Crippen LogP) is 3.57. The van der Waals surface area contributed by atoms with E-state index in [1.165, 1.54) is 0 Å². The van der Waals surface area contributed by atoms with E-state index in [1.807, 2.05) is 59.5 Å². The summed E-state index contributed by atoms with van der Waals surface area (Å²) >= 11 is 0. The molecule has 4 heteroatoms. The predicted molar refractivity (Wildman–Crippen MR) is 97.2 cm³/mol. The van der Waals surface area contributed by atoms with E-state index in [0.29, 0.717) is 31.8 Å². The zero-order chi connectivity index (χ0) is 17.6. The molecule has 1 aliphatic heterocycles. The van der Waals surface area contributed by atoms with Crippen molar-refractivity contribution in [2.45, 2.75) is 25.6 Å². The number of ether oxygens (including phenoxy) is 2. The highest BCUT2D eigenvalue weighted by Crippen LogP contribution is 2.25. The molecule has 0 aliphatic carbocycles. The van der Waals surface area contributed by atoms with Gasteiger partial charge in [-0.1, -0.05) is 49.0 Å². The number of likely N-dealkylation sites (tertiary alicyclic amines) is 1. The van der Waals surface area contributed by atoms with E-state index in [1.54, 1.807) is 7.11 Å². The fourth-order valence-electron chi connectivity index (χ4n) is 3.02. The number of benzene rings is 2. The molecule has 0 saturated carbocycles. The monoisotopic (exact) mass is 337 g/mol. The van der Waals surface area contributed by atoms with Gasteiger partial charge in [-0.25, -0.2) is 0 Å². The fourth-order valence-corrected chi connectivity index (χ4v) is 3.02. The van der Waals surface area contributed by atoms with Gasteiger partial charge in [-0.2, -0.15) is 0 Å². The van der Waals surface area contributed by atoms with Gasteiger partial charge >= 0.3 is 0 Å². The quantitative estimate of drug-likeness (QED) is 0.725. The van der Waals surface area contributed by atoms with Crippen LogP contribution in [-0.2, 0) is 22.7 Å². The maximum absolute atomic E-state index is 12.4. The summed E-state index contributed by atoms with van der Waals surface area (Å²) in [7, 11) is 1.65. The lowest BCUT2D eigenvalue weighted by Gasteiger charge is -2.24. The topological polar surface area (TPSA) is 38.8 Å². The highest BCUT2D eigenvalue weighted by Gasteiger charge is 2.33. The SMILES string of the molecule is C=C1CC(COCc2ccc(OC)cc2)N(Cc2ccccc2)C1=O. The van der Waals surface area contributed by atoms with Crippen molar-refractivity contribution in [2.24, 2.45) is 0 Å². The first kappa shape index (κ1) is 17.2. The molecule has 25 heavy (non-hydrogen) atoms. The van der Waals surface area contributed by atoms with Crippen LogP contribution >= 0.6 is 0 Å². The lowest BCUT2D eigenvalue weighted by Crippen LogP contribution is -2.35. The maximum atomic E-state index is 12.4. The summed E-state index contributed by atoms with van der Waals surface area (Å²) < 4.78 is 11.0. The van der Waals surface area contributed by atoms with E-state index < -0.39 is 0 Å². The van der Waals surface area contributed by atoms with Gasteiger partial charge in [0.05, 0.1) is 26.4 Å². The number of amides is 1. The van der Waals surface area contributed by atoms with E-state index >= 15 is 0 Å².